The van der Waals surface area contributed by atoms with Gasteiger partial charge in [-0.15, -0.1) is 11.6 Å². The van der Waals surface area contributed by atoms with E-state index in [1.165, 1.54) is 12.1 Å². The number of hydrogen-bond acceptors (Lipinski definition) is 3. The van der Waals surface area contributed by atoms with E-state index in [4.69, 9.17) is 17.1 Å². The summed E-state index contributed by atoms with van der Waals surface area (Å²) in [6, 6.07) is 5.76. The first-order chi connectivity index (χ1) is 7.67. The summed E-state index contributed by atoms with van der Waals surface area (Å²) in [7, 11) is 0. The number of non-ortho nitro benzene ring substituents is 1. The molecule has 84 valence electrons. The molecule has 0 spiro atoms. The minimum Gasteiger partial charge on any atom is -0.258 e. The summed E-state index contributed by atoms with van der Waals surface area (Å²) in [4.78, 5) is 12.6. The lowest BCUT2D eigenvalue weighted by atomic mass is 10.1. The second-order valence-corrected chi connectivity index (χ2v) is 3.45. The van der Waals surface area contributed by atoms with Crippen molar-refractivity contribution in [3.8, 4) is 0 Å². The first-order valence-corrected chi connectivity index (χ1v) is 5.04. The summed E-state index contributed by atoms with van der Waals surface area (Å²) in [5.41, 5.74) is 9.16. The predicted molar refractivity (Wildman–Crippen MR) is 60.5 cm³/mol. The number of halogens is 1. The van der Waals surface area contributed by atoms with Crippen LogP contribution in [-0.2, 0) is 6.42 Å². The van der Waals surface area contributed by atoms with Crippen molar-refractivity contribution in [2.45, 2.75) is 12.5 Å². The third kappa shape index (κ3) is 3.42. The van der Waals surface area contributed by atoms with Gasteiger partial charge in [0.05, 0.1) is 11.0 Å². The average molecular weight is 241 g/mol. The van der Waals surface area contributed by atoms with Crippen LogP contribution in [0, 0.1) is 10.1 Å². The maximum Gasteiger partial charge on any atom is 0.269 e. The van der Waals surface area contributed by atoms with Gasteiger partial charge >= 0.3 is 0 Å². The molecule has 0 saturated heterocycles. The zero-order chi connectivity index (χ0) is 12.0. The van der Waals surface area contributed by atoms with Gasteiger partial charge in [-0.1, -0.05) is 17.2 Å². The molecule has 0 heterocycles. The standard InChI is InChI=1S/C9H9ClN4O2/c10-6-8(12-13-11)5-7-1-3-9(4-2-7)14(15)16/h1-4,8H,5-6H2. The maximum absolute atomic E-state index is 10.4. The SMILES string of the molecule is [N-]=[N+]=NC(CCl)Cc1ccc([N+](=O)[O-])cc1. The summed E-state index contributed by atoms with van der Waals surface area (Å²) in [5.74, 6) is 0.223. The highest BCUT2D eigenvalue weighted by atomic mass is 35.5. The number of nitro groups is 1. The van der Waals surface area contributed by atoms with Crippen LogP contribution in [0.5, 0.6) is 0 Å². The molecule has 1 aromatic rings. The number of nitrogens with zero attached hydrogens (tertiary/aromatic N) is 4. The zero-order valence-corrected chi connectivity index (χ0v) is 9.04. The van der Waals surface area contributed by atoms with E-state index >= 15 is 0 Å². The third-order valence-corrected chi connectivity index (χ3v) is 2.37. The fraction of sp³-hybridized carbons (Fsp3) is 0.333. The van der Waals surface area contributed by atoms with Gasteiger partial charge in [-0.05, 0) is 17.5 Å². The Bertz CT molecular complexity index is 414. The van der Waals surface area contributed by atoms with E-state index in [1.54, 1.807) is 12.1 Å². The van der Waals surface area contributed by atoms with Gasteiger partial charge in [0.15, 0.2) is 0 Å². The van der Waals surface area contributed by atoms with Gasteiger partial charge in [-0.3, -0.25) is 10.1 Å². The van der Waals surface area contributed by atoms with Crippen LogP contribution in [-0.4, -0.2) is 16.8 Å². The molecule has 0 aliphatic rings. The molecule has 0 aliphatic carbocycles. The lowest BCUT2D eigenvalue weighted by Crippen LogP contribution is -2.09. The van der Waals surface area contributed by atoms with Gasteiger partial charge in [0.2, 0.25) is 0 Å². The minimum atomic E-state index is -0.462. The molecule has 0 fully saturated rings. The number of benzene rings is 1. The number of rotatable bonds is 5. The highest BCUT2D eigenvalue weighted by molar-refractivity contribution is 6.18. The second kappa shape index (κ2) is 5.95. The molecule has 16 heavy (non-hydrogen) atoms. The van der Waals surface area contributed by atoms with E-state index in [1.807, 2.05) is 0 Å². The van der Waals surface area contributed by atoms with Crippen molar-refractivity contribution in [3.63, 3.8) is 0 Å². The maximum atomic E-state index is 10.4. The summed E-state index contributed by atoms with van der Waals surface area (Å²) in [5, 5.41) is 13.9. The first-order valence-electron chi connectivity index (χ1n) is 4.51. The van der Waals surface area contributed by atoms with Crippen LogP contribution < -0.4 is 0 Å². The molecule has 0 radical (unpaired) electrons. The quantitative estimate of drug-likeness (QED) is 0.198. The van der Waals surface area contributed by atoms with Crippen molar-refractivity contribution in [2.24, 2.45) is 5.11 Å². The smallest absolute Gasteiger partial charge is 0.258 e. The number of nitro benzene ring substituents is 1. The Labute approximate surface area is 96.6 Å². The van der Waals surface area contributed by atoms with Crippen molar-refractivity contribution in [1.82, 2.24) is 0 Å². The second-order valence-electron chi connectivity index (χ2n) is 3.14. The Morgan fingerprint density at radius 1 is 1.50 bits per heavy atom. The molecule has 1 atom stereocenters. The molecule has 0 aromatic heterocycles. The number of azide groups is 1. The molecule has 0 aliphatic heterocycles. The van der Waals surface area contributed by atoms with E-state index in [9.17, 15) is 10.1 Å². The number of alkyl halides is 1. The largest absolute Gasteiger partial charge is 0.269 e. The molecule has 0 saturated carbocycles. The molecule has 1 aromatic carbocycles. The zero-order valence-electron chi connectivity index (χ0n) is 8.28. The van der Waals surface area contributed by atoms with Gasteiger partial charge in [-0.2, -0.15) is 0 Å². The topological polar surface area (TPSA) is 91.9 Å². The lowest BCUT2D eigenvalue weighted by Gasteiger charge is -2.06. The summed E-state index contributed by atoms with van der Waals surface area (Å²) in [6.45, 7) is 0. The Hall–Kier alpha value is -1.78. The Balaban J connectivity index is 2.74. The third-order valence-electron chi connectivity index (χ3n) is 2.01. The number of hydrogen-bond donors (Lipinski definition) is 0. The highest BCUT2D eigenvalue weighted by Gasteiger charge is 2.08. The van der Waals surface area contributed by atoms with Crippen molar-refractivity contribution >= 4 is 17.3 Å². The molecule has 6 nitrogen and oxygen atoms in total. The molecule has 1 unspecified atom stereocenters. The van der Waals surface area contributed by atoms with E-state index in [0.29, 0.717) is 6.42 Å². The van der Waals surface area contributed by atoms with Gasteiger partial charge < -0.3 is 0 Å². The van der Waals surface area contributed by atoms with E-state index < -0.39 is 4.92 Å². The Morgan fingerprint density at radius 2 is 2.12 bits per heavy atom. The molecular formula is C9H9ClN4O2. The normalized spacial score (nSPS) is 11.6. The molecular weight excluding hydrogens is 232 g/mol. The van der Waals surface area contributed by atoms with Crippen LogP contribution in [0.25, 0.3) is 10.4 Å². The van der Waals surface area contributed by atoms with Crippen LogP contribution >= 0.6 is 11.6 Å². The minimum absolute atomic E-state index is 0.0370. The van der Waals surface area contributed by atoms with Gasteiger partial charge in [0, 0.05) is 22.9 Å². The summed E-state index contributed by atoms with van der Waals surface area (Å²) >= 11 is 5.60. The fourth-order valence-corrected chi connectivity index (χ4v) is 1.40. The highest BCUT2D eigenvalue weighted by Crippen LogP contribution is 2.14. The van der Waals surface area contributed by atoms with Crippen LogP contribution in [0.3, 0.4) is 0 Å². The van der Waals surface area contributed by atoms with Crippen molar-refractivity contribution in [1.29, 1.82) is 0 Å². The molecule has 7 heteroatoms. The fourth-order valence-electron chi connectivity index (χ4n) is 1.23. The average Bonchev–Trinajstić information content (AvgIpc) is 2.29. The first kappa shape index (κ1) is 12.3. The molecule has 0 amide bonds. The van der Waals surface area contributed by atoms with Gasteiger partial charge in [0.25, 0.3) is 5.69 Å². The lowest BCUT2D eigenvalue weighted by molar-refractivity contribution is -0.384. The van der Waals surface area contributed by atoms with Crippen LogP contribution in [0.2, 0.25) is 0 Å². The summed E-state index contributed by atoms with van der Waals surface area (Å²) in [6.07, 6.45) is 0.478. The molecule has 0 N–H and O–H groups in total. The Kier molecular flexibility index (Phi) is 4.57. The van der Waals surface area contributed by atoms with E-state index in [0.717, 1.165) is 5.56 Å². The predicted octanol–water partition coefficient (Wildman–Crippen LogP) is 3.06. The van der Waals surface area contributed by atoms with Crippen molar-refractivity contribution < 1.29 is 4.92 Å². The van der Waals surface area contributed by atoms with Crippen molar-refractivity contribution in [2.75, 3.05) is 5.88 Å². The van der Waals surface area contributed by atoms with Gasteiger partial charge in [0.1, 0.15) is 0 Å². The van der Waals surface area contributed by atoms with E-state index in [-0.39, 0.29) is 17.6 Å². The van der Waals surface area contributed by atoms with Crippen LogP contribution in [0.4, 0.5) is 5.69 Å². The molecule has 0 bridgehead atoms. The van der Waals surface area contributed by atoms with Crippen molar-refractivity contribution in [3.05, 3.63) is 50.4 Å². The monoisotopic (exact) mass is 240 g/mol. The van der Waals surface area contributed by atoms with E-state index in [2.05, 4.69) is 10.0 Å². The summed E-state index contributed by atoms with van der Waals surface area (Å²) < 4.78 is 0. The molecule has 1 rings (SSSR count). The van der Waals surface area contributed by atoms with Crippen LogP contribution in [0.15, 0.2) is 29.4 Å². The van der Waals surface area contributed by atoms with Gasteiger partial charge in [-0.25, -0.2) is 0 Å². The Morgan fingerprint density at radius 3 is 2.56 bits per heavy atom. The van der Waals surface area contributed by atoms with Crippen LogP contribution in [0.1, 0.15) is 5.56 Å².